The van der Waals surface area contributed by atoms with Gasteiger partial charge in [-0.1, -0.05) is 44.0 Å². The van der Waals surface area contributed by atoms with Gasteiger partial charge >= 0.3 is 0 Å². The second-order valence-corrected chi connectivity index (χ2v) is 16.2. The van der Waals surface area contributed by atoms with Crippen LogP contribution in [0, 0.1) is 20.2 Å². The van der Waals surface area contributed by atoms with Crippen molar-refractivity contribution in [3.63, 3.8) is 0 Å². The van der Waals surface area contributed by atoms with Crippen molar-refractivity contribution in [1.82, 2.24) is 0 Å². The molecule has 2 aromatic rings. The zero-order valence-electron chi connectivity index (χ0n) is 24.5. The van der Waals surface area contributed by atoms with Crippen LogP contribution in [-0.2, 0) is 4.43 Å². The van der Waals surface area contributed by atoms with Gasteiger partial charge in [0.15, 0.2) is 18.4 Å². The number of amides is 2. The molecule has 5 N–H and O–H groups in total. The van der Waals surface area contributed by atoms with Gasteiger partial charge in [0.2, 0.25) is 11.8 Å². The predicted molar refractivity (Wildman–Crippen MR) is 164 cm³/mol. The molecule has 0 heterocycles. The number of aliphatic hydroxyl groups is 1. The molecule has 0 aromatic heterocycles. The SMILES string of the molecule is CC(C)(C)[Si](C)(C)OCCCOc1cc(C(N)=O)cc([N+](=O)[O-])c1Cl.NC(=O)c1cc(OCCCO)c(Cl)c([N+](=O)[O-])c1. The van der Waals surface area contributed by atoms with Crippen molar-refractivity contribution in [2.45, 2.75) is 51.7 Å². The summed E-state index contributed by atoms with van der Waals surface area (Å²) < 4.78 is 16.7. The number of hydrogen-bond donors (Lipinski definition) is 3. The van der Waals surface area contributed by atoms with Crippen LogP contribution in [0.1, 0.15) is 54.3 Å². The average Bonchev–Trinajstić information content (AvgIpc) is 2.89. The number of nitrogens with zero attached hydrogens (tertiary/aromatic N) is 2. The molecule has 2 amide bonds. The van der Waals surface area contributed by atoms with Crippen LogP contribution in [0.3, 0.4) is 0 Å². The van der Waals surface area contributed by atoms with E-state index in [9.17, 15) is 29.8 Å². The van der Waals surface area contributed by atoms with E-state index in [1.807, 2.05) is 0 Å². The molecule has 0 unspecified atom stereocenters. The van der Waals surface area contributed by atoms with Gasteiger partial charge in [0.05, 0.1) is 23.1 Å². The first-order valence-electron chi connectivity index (χ1n) is 12.9. The highest BCUT2D eigenvalue weighted by Gasteiger charge is 2.36. The quantitative estimate of drug-likeness (QED) is 0.103. The maximum atomic E-state index is 11.3. The zero-order valence-corrected chi connectivity index (χ0v) is 27.0. The van der Waals surface area contributed by atoms with E-state index in [2.05, 4.69) is 33.9 Å². The Morgan fingerprint density at radius 2 is 1.23 bits per heavy atom. The smallest absolute Gasteiger partial charge is 0.292 e. The van der Waals surface area contributed by atoms with E-state index in [4.69, 9.17) is 53.7 Å². The molecular formula is C26H36Cl2N4O10Si. The van der Waals surface area contributed by atoms with Gasteiger partial charge in [0.25, 0.3) is 11.4 Å². The van der Waals surface area contributed by atoms with Gasteiger partial charge in [-0.05, 0) is 30.3 Å². The number of nitro benzene ring substituents is 2. The number of aliphatic hydroxyl groups excluding tert-OH is 1. The number of ether oxygens (including phenoxy) is 2. The van der Waals surface area contributed by atoms with Gasteiger partial charge in [0.1, 0.15) is 11.5 Å². The van der Waals surface area contributed by atoms with Crippen LogP contribution in [0.15, 0.2) is 24.3 Å². The molecule has 0 saturated heterocycles. The van der Waals surface area contributed by atoms with Gasteiger partial charge in [-0.3, -0.25) is 29.8 Å². The van der Waals surface area contributed by atoms with Gasteiger partial charge < -0.3 is 30.5 Å². The first-order chi connectivity index (χ1) is 19.8. The van der Waals surface area contributed by atoms with Crippen molar-refractivity contribution < 1.29 is 38.4 Å². The minimum Gasteiger partial charge on any atom is -0.492 e. The minimum absolute atomic E-state index is 0.00637. The molecule has 0 saturated carbocycles. The van der Waals surface area contributed by atoms with E-state index in [-0.39, 0.29) is 57.5 Å². The first-order valence-corrected chi connectivity index (χ1v) is 16.6. The summed E-state index contributed by atoms with van der Waals surface area (Å²) in [4.78, 5) is 42.7. The molecule has 238 valence electrons. The van der Waals surface area contributed by atoms with Crippen LogP contribution in [0.2, 0.25) is 28.2 Å². The highest BCUT2D eigenvalue weighted by atomic mass is 35.5. The Bertz CT molecular complexity index is 1340. The number of rotatable bonds is 14. The lowest BCUT2D eigenvalue weighted by Gasteiger charge is -2.36. The number of nitrogens with two attached hydrogens (primary N) is 2. The van der Waals surface area contributed by atoms with Crippen molar-refractivity contribution in [2.75, 3.05) is 26.4 Å². The minimum atomic E-state index is -1.82. The van der Waals surface area contributed by atoms with E-state index < -0.39 is 41.4 Å². The van der Waals surface area contributed by atoms with Crippen molar-refractivity contribution >= 4 is 54.7 Å². The first kappa shape index (κ1) is 37.5. The summed E-state index contributed by atoms with van der Waals surface area (Å²) in [5.74, 6) is -1.54. The van der Waals surface area contributed by atoms with Crippen molar-refractivity contribution in [3.8, 4) is 11.5 Å². The maximum absolute atomic E-state index is 11.3. The number of carbonyl (C=O) groups is 2. The number of nitro groups is 2. The lowest BCUT2D eigenvalue weighted by atomic mass is 10.2. The lowest BCUT2D eigenvalue weighted by Crippen LogP contribution is -2.41. The van der Waals surface area contributed by atoms with Crippen LogP contribution in [0.4, 0.5) is 11.4 Å². The normalized spacial score (nSPS) is 11.3. The summed E-state index contributed by atoms with van der Waals surface area (Å²) in [6.45, 7) is 11.6. The van der Waals surface area contributed by atoms with Crippen LogP contribution >= 0.6 is 23.2 Å². The average molecular weight is 664 g/mol. The highest BCUT2D eigenvalue weighted by molar-refractivity contribution is 6.74. The van der Waals surface area contributed by atoms with Crippen LogP contribution in [0.5, 0.6) is 11.5 Å². The zero-order chi connectivity index (χ0) is 33.1. The van der Waals surface area contributed by atoms with Gasteiger partial charge in [-0.15, -0.1) is 0 Å². The third kappa shape index (κ3) is 11.3. The maximum Gasteiger partial charge on any atom is 0.292 e. The summed E-state index contributed by atoms with van der Waals surface area (Å²) in [5.41, 5.74) is 9.29. The van der Waals surface area contributed by atoms with Crippen molar-refractivity contribution in [1.29, 1.82) is 0 Å². The van der Waals surface area contributed by atoms with E-state index >= 15 is 0 Å². The molecule has 0 atom stereocenters. The Kier molecular flexibility index (Phi) is 14.3. The molecule has 0 bridgehead atoms. The molecule has 0 aliphatic carbocycles. The summed E-state index contributed by atoms with van der Waals surface area (Å²) in [5, 5.41) is 30.1. The Balaban J connectivity index is 0.000000453. The molecule has 0 aliphatic heterocycles. The lowest BCUT2D eigenvalue weighted by molar-refractivity contribution is -0.384. The molecule has 0 aliphatic rings. The molecule has 2 rings (SSSR count). The Morgan fingerprint density at radius 3 is 1.56 bits per heavy atom. The highest BCUT2D eigenvalue weighted by Crippen LogP contribution is 2.38. The molecule has 14 nitrogen and oxygen atoms in total. The largest absolute Gasteiger partial charge is 0.492 e. The monoisotopic (exact) mass is 662 g/mol. The fourth-order valence-corrected chi connectivity index (χ4v) is 4.51. The van der Waals surface area contributed by atoms with E-state index in [0.29, 0.717) is 19.4 Å². The summed E-state index contributed by atoms with van der Waals surface area (Å²) in [6, 6.07) is 4.57. The molecular weight excluding hydrogens is 627 g/mol. The standard InChI is InChI=1S/C16H25ClN2O5Si.C10H11ClN2O5/c1-16(2,3)25(4,5)24-8-6-7-23-13-10-11(15(18)20)9-12(14(13)17)19(21)22;11-9-7(13(16)17)4-6(10(12)15)5-8(9)18-3-1-2-14/h9-10H,6-8H2,1-5H3,(H2,18,20);4-5,14H,1-3H2,(H2,12,15). The van der Waals surface area contributed by atoms with E-state index in [0.717, 1.165) is 12.1 Å². The Labute approximate surface area is 259 Å². The number of carbonyl (C=O) groups excluding carboxylic acids is 2. The Hall–Kier alpha value is -3.50. The molecule has 43 heavy (non-hydrogen) atoms. The summed E-state index contributed by atoms with van der Waals surface area (Å²) in [7, 11) is -1.82. The third-order valence-corrected chi connectivity index (χ3v) is 11.7. The van der Waals surface area contributed by atoms with Gasteiger partial charge in [-0.25, -0.2) is 0 Å². The van der Waals surface area contributed by atoms with Gasteiger partial charge in [0, 0.05) is 49.3 Å². The molecule has 0 spiro atoms. The molecule has 0 radical (unpaired) electrons. The number of halogens is 2. The van der Waals surface area contributed by atoms with Crippen LogP contribution in [0.25, 0.3) is 0 Å². The molecule has 17 heteroatoms. The number of primary amides is 2. The Morgan fingerprint density at radius 1 is 0.837 bits per heavy atom. The van der Waals surface area contributed by atoms with Crippen LogP contribution < -0.4 is 20.9 Å². The van der Waals surface area contributed by atoms with E-state index in [1.165, 1.54) is 12.1 Å². The van der Waals surface area contributed by atoms with Crippen LogP contribution in [-0.4, -0.2) is 61.5 Å². The topological polar surface area (TPSA) is 220 Å². The molecule has 2 aromatic carbocycles. The summed E-state index contributed by atoms with van der Waals surface area (Å²) >= 11 is 11.8. The predicted octanol–water partition coefficient (Wildman–Crippen LogP) is 5.25. The number of benzene rings is 2. The third-order valence-electron chi connectivity index (χ3n) is 6.38. The van der Waals surface area contributed by atoms with E-state index in [1.54, 1.807) is 0 Å². The number of hydrogen-bond acceptors (Lipinski definition) is 10. The second kappa shape index (κ2) is 16.4. The second-order valence-electron chi connectivity index (χ2n) is 10.6. The van der Waals surface area contributed by atoms with Crippen molar-refractivity contribution in [3.05, 3.63) is 65.7 Å². The van der Waals surface area contributed by atoms with Crippen molar-refractivity contribution in [2.24, 2.45) is 11.5 Å². The fourth-order valence-electron chi connectivity index (χ4n) is 2.96. The van der Waals surface area contributed by atoms with Gasteiger partial charge in [-0.2, -0.15) is 0 Å². The summed E-state index contributed by atoms with van der Waals surface area (Å²) in [6.07, 6.45) is 0.933. The molecule has 0 fully saturated rings. The fraction of sp³-hybridized carbons (Fsp3) is 0.462.